The quantitative estimate of drug-likeness (QED) is 0.585. The van der Waals surface area contributed by atoms with Crippen molar-refractivity contribution in [3.63, 3.8) is 0 Å². The summed E-state index contributed by atoms with van der Waals surface area (Å²) >= 11 is 6.00. The fourth-order valence-electron chi connectivity index (χ4n) is 1.52. The molecule has 0 saturated heterocycles. The maximum absolute atomic E-state index is 13.6. The lowest BCUT2D eigenvalue weighted by Gasteiger charge is -2.22. The molecular formula is C10H10ClFO. The van der Waals surface area contributed by atoms with Crippen molar-refractivity contribution < 1.29 is 9.13 Å². The second kappa shape index (κ2) is 3.18. The number of benzene rings is 1. The summed E-state index contributed by atoms with van der Waals surface area (Å²) in [6.07, 6.45) is 0.676. The Kier molecular flexibility index (Phi) is 2.16. The lowest BCUT2D eigenvalue weighted by molar-refractivity contribution is 0.280. The van der Waals surface area contributed by atoms with Gasteiger partial charge in [-0.15, -0.1) is 11.6 Å². The zero-order valence-electron chi connectivity index (χ0n) is 7.31. The third-order valence-corrected chi connectivity index (χ3v) is 2.71. The number of fused-ring (bicyclic) bond motifs is 1. The van der Waals surface area contributed by atoms with Crippen LogP contribution in [0.2, 0.25) is 0 Å². The summed E-state index contributed by atoms with van der Waals surface area (Å²) in [5, 5.41) is -0.247. The summed E-state index contributed by atoms with van der Waals surface area (Å²) in [6, 6.07) is 3.49. The van der Waals surface area contributed by atoms with Crippen molar-refractivity contribution >= 4 is 11.6 Å². The number of hydrogen-bond donors (Lipinski definition) is 0. The molecule has 1 nitrogen and oxygen atoms in total. The zero-order valence-corrected chi connectivity index (χ0v) is 8.07. The van der Waals surface area contributed by atoms with Gasteiger partial charge in [-0.05, 0) is 18.6 Å². The summed E-state index contributed by atoms with van der Waals surface area (Å²) < 4.78 is 18.9. The topological polar surface area (TPSA) is 9.23 Å². The molecule has 1 aliphatic rings. The molecule has 1 atom stereocenters. The van der Waals surface area contributed by atoms with E-state index < -0.39 is 0 Å². The third kappa shape index (κ3) is 1.39. The molecule has 13 heavy (non-hydrogen) atoms. The van der Waals surface area contributed by atoms with Crippen molar-refractivity contribution in [3.05, 3.63) is 29.1 Å². The Morgan fingerprint density at radius 2 is 2.31 bits per heavy atom. The monoisotopic (exact) mass is 200 g/mol. The molecule has 1 aromatic rings. The summed E-state index contributed by atoms with van der Waals surface area (Å²) in [7, 11) is 0. The Bertz CT molecular complexity index is 338. The van der Waals surface area contributed by atoms with Crippen LogP contribution in [0.15, 0.2) is 12.1 Å². The summed E-state index contributed by atoms with van der Waals surface area (Å²) in [4.78, 5) is 0. The molecule has 0 N–H and O–H groups in total. The van der Waals surface area contributed by atoms with E-state index in [1.807, 2.05) is 0 Å². The van der Waals surface area contributed by atoms with Gasteiger partial charge in [-0.3, -0.25) is 0 Å². The maximum atomic E-state index is 13.6. The molecule has 1 heterocycles. The van der Waals surface area contributed by atoms with Crippen LogP contribution < -0.4 is 4.74 Å². The van der Waals surface area contributed by atoms with E-state index in [0.29, 0.717) is 29.9 Å². The van der Waals surface area contributed by atoms with Gasteiger partial charge in [0.1, 0.15) is 11.6 Å². The van der Waals surface area contributed by atoms with Crippen LogP contribution in [-0.4, -0.2) is 6.61 Å². The van der Waals surface area contributed by atoms with Gasteiger partial charge in [-0.25, -0.2) is 4.39 Å². The molecule has 0 saturated carbocycles. The average molecular weight is 201 g/mol. The first kappa shape index (κ1) is 8.82. The highest BCUT2D eigenvalue weighted by Crippen LogP contribution is 2.38. The largest absolute Gasteiger partial charge is 0.493 e. The van der Waals surface area contributed by atoms with Crippen LogP contribution in [0.5, 0.6) is 5.75 Å². The molecule has 2 rings (SSSR count). The van der Waals surface area contributed by atoms with E-state index in [4.69, 9.17) is 16.3 Å². The van der Waals surface area contributed by atoms with Crippen LogP contribution in [0.1, 0.15) is 22.9 Å². The van der Waals surface area contributed by atoms with E-state index in [9.17, 15) is 4.39 Å². The number of aryl methyl sites for hydroxylation is 1. The first-order valence-corrected chi connectivity index (χ1v) is 4.69. The van der Waals surface area contributed by atoms with E-state index >= 15 is 0 Å². The van der Waals surface area contributed by atoms with E-state index in [1.54, 1.807) is 19.1 Å². The molecular weight excluding hydrogens is 191 g/mol. The molecule has 70 valence electrons. The van der Waals surface area contributed by atoms with Crippen molar-refractivity contribution in [3.8, 4) is 5.75 Å². The molecule has 0 amide bonds. The van der Waals surface area contributed by atoms with Crippen LogP contribution in [0, 0.1) is 12.7 Å². The van der Waals surface area contributed by atoms with Gasteiger partial charge in [-0.1, -0.05) is 6.07 Å². The van der Waals surface area contributed by atoms with Gasteiger partial charge in [0.25, 0.3) is 0 Å². The van der Waals surface area contributed by atoms with Gasteiger partial charge in [0.05, 0.1) is 12.0 Å². The van der Waals surface area contributed by atoms with Crippen LogP contribution in [0.25, 0.3) is 0 Å². The Hall–Kier alpha value is -0.760. The van der Waals surface area contributed by atoms with Crippen molar-refractivity contribution in [2.45, 2.75) is 18.7 Å². The SMILES string of the molecule is Cc1ccc2c(c1F)C(Cl)CCO2. The fourth-order valence-corrected chi connectivity index (χ4v) is 1.81. The van der Waals surface area contributed by atoms with Gasteiger partial charge in [0, 0.05) is 12.0 Å². The Morgan fingerprint density at radius 1 is 1.54 bits per heavy atom. The lowest BCUT2D eigenvalue weighted by Crippen LogP contribution is -2.12. The number of alkyl halides is 1. The van der Waals surface area contributed by atoms with Gasteiger partial charge >= 0.3 is 0 Å². The maximum Gasteiger partial charge on any atom is 0.134 e. The zero-order chi connectivity index (χ0) is 9.42. The van der Waals surface area contributed by atoms with Crippen molar-refractivity contribution in [2.75, 3.05) is 6.61 Å². The molecule has 3 heteroatoms. The van der Waals surface area contributed by atoms with Crippen molar-refractivity contribution in [2.24, 2.45) is 0 Å². The van der Waals surface area contributed by atoms with Crippen molar-refractivity contribution in [1.29, 1.82) is 0 Å². The molecule has 1 aromatic carbocycles. The summed E-state index contributed by atoms with van der Waals surface area (Å²) in [5.74, 6) is 0.367. The molecule has 1 unspecified atom stereocenters. The highest BCUT2D eigenvalue weighted by molar-refractivity contribution is 6.21. The summed E-state index contributed by atoms with van der Waals surface area (Å²) in [6.45, 7) is 2.30. The lowest BCUT2D eigenvalue weighted by atomic mass is 10.0. The highest BCUT2D eigenvalue weighted by atomic mass is 35.5. The van der Waals surface area contributed by atoms with E-state index in [2.05, 4.69) is 0 Å². The van der Waals surface area contributed by atoms with Gasteiger partial charge in [-0.2, -0.15) is 0 Å². The Labute approximate surface area is 81.5 Å². The molecule has 0 radical (unpaired) electrons. The van der Waals surface area contributed by atoms with Gasteiger partial charge < -0.3 is 4.74 Å². The predicted octanol–water partition coefficient (Wildman–Crippen LogP) is 3.20. The number of halogens is 2. The highest BCUT2D eigenvalue weighted by Gasteiger charge is 2.23. The third-order valence-electron chi connectivity index (χ3n) is 2.27. The van der Waals surface area contributed by atoms with Gasteiger partial charge in [0.15, 0.2) is 0 Å². The minimum Gasteiger partial charge on any atom is -0.493 e. The van der Waals surface area contributed by atoms with Crippen LogP contribution in [0.3, 0.4) is 0 Å². The van der Waals surface area contributed by atoms with Crippen LogP contribution in [0.4, 0.5) is 4.39 Å². The average Bonchev–Trinajstić information content (AvgIpc) is 2.12. The minimum atomic E-state index is -0.247. The number of hydrogen-bond acceptors (Lipinski definition) is 1. The van der Waals surface area contributed by atoms with E-state index in [1.165, 1.54) is 0 Å². The fraction of sp³-hybridized carbons (Fsp3) is 0.400. The normalized spacial score (nSPS) is 20.7. The second-order valence-electron chi connectivity index (χ2n) is 3.21. The number of ether oxygens (including phenoxy) is 1. The Morgan fingerprint density at radius 3 is 3.08 bits per heavy atom. The first-order valence-electron chi connectivity index (χ1n) is 4.26. The van der Waals surface area contributed by atoms with E-state index in [0.717, 1.165) is 0 Å². The summed E-state index contributed by atoms with van der Waals surface area (Å²) in [5.41, 5.74) is 1.14. The second-order valence-corrected chi connectivity index (χ2v) is 3.74. The molecule has 0 fully saturated rings. The smallest absolute Gasteiger partial charge is 0.134 e. The molecule has 1 aliphatic heterocycles. The van der Waals surface area contributed by atoms with Crippen LogP contribution >= 0.6 is 11.6 Å². The van der Waals surface area contributed by atoms with Crippen molar-refractivity contribution in [1.82, 2.24) is 0 Å². The Balaban J connectivity index is 2.58. The minimum absolute atomic E-state index is 0.225. The molecule has 0 aromatic heterocycles. The molecule has 0 bridgehead atoms. The molecule has 0 spiro atoms. The van der Waals surface area contributed by atoms with Crippen LogP contribution in [-0.2, 0) is 0 Å². The predicted molar refractivity (Wildman–Crippen MR) is 49.8 cm³/mol. The number of rotatable bonds is 0. The van der Waals surface area contributed by atoms with E-state index in [-0.39, 0.29) is 11.2 Å². The standard InChI is InChI=1S/C10H10ClFO/c1-6-2-3-8-9(10(6)12)7(11)4-5-13-8/h2-3,7H,4-5H2,1H3. The van der Waals surface area contributed by atoms with Gasteiger partial charge in [0.2, 0.25) is 0 Å². The molecule has 0 aliphatic carbocycles. The first-order chi connectivity index (χ1) is 6.20.